The van der Waals surface area contributed by atoms with Crippen molar-refractivity contribution >= 4 is 45.8 Å². The number of nitrogens with one attached hydrogen (secondary N) is 1. The van der Waals surface area contributed by atoms with Gasteiger partial charge in [0.2, 0.25) is 6.29 Å². The number of hydrogen-bond acceptors (Lipinski definition) is 10. The molecule has 1 unspecified atom stereocenters. The molecule has 2 aromatic carbocycles. The Bertz CT molecular complexity index is 2080. The summed E-state index contributed by atoms with van der Waals surface area (Å²) in [6, 6.07) is 16.1. The lowest BCUT2D eigenvalue weighted by atomic mass is 10.1. The number of aromatic nitrogens is 2. The van der Waals surface area contributed by atoms with Crippen LogP contribution in [0.5, 0.6) is 0 Å². The third kappa shape index (κ3) is 8.63. The smallest absolute Gasteiger partial charge is 0.444 e. The number of aryl methyl sites for hydroxylation is 1. The van der Waals surface area contributed by atoms with Crippen LogP contribution in [0.2, 0.25) is 0 Å². The zero-order chi connectivity index (χ0) is 37.2. The molecular weight excluding hydrogens is 654 g/mol. The van der Waals surface area contributed by atoms with E-state index in [4.69, 9.17) is 18.9 Å². The molecule has 5 rings (SSSR count). The van der Waals surface area contributed by atoms with Gasteiger partial charge in [-0.05, 0) is 90.3 Å². The van der Waals surface area contributed by atoms with Gasteiger partial charge in [-0.15, -0.1) is 0 Å². The normalized spacial score (nSPS) is 15.6. The Labute approximate surface area is 296 Å². The maximum absolute atomic E-state index is 14.1. The number of alkyl carbamates (subject to hydrolysis) is 1. The number of fused-ring (bicyclic) bond motifs is 3. The van der Waals surface area contributed by atoms with Crippen LogP contribution in [-0.4, -0.2) is 64.0 Å². The summed E-state index contributed by atoms with van der Waals surface area (Å²) in [5.41, 5.74) is 0.703. The fraction of sp³-hybridized carbons (Fsp3) is 0.447. The minimum absolute atomic E-state index is 0.186. The van der Waals surface area contributed by atoms with Crippen LogP contribution < -0.4 is 15.8 Å². The number of carbonyl (C=O) groups excluding carboxylic acids is 3. The number of nitriles is 1. The van der Waals surface area contributed by atoms with Crippen LogP contribution in [0.15, 0.2) is 53.3 Å². The summed E-state index contributed by atoms with van der Waals surface area (Å²) in [5, 5.41) is 14.1. The zero-order valence-electron chi connectivity index (χ0n) is 30.4. The molecule has 3 heterocycles. The van der Waals surface area contributed by atoms with Crippen molar-refractivity contribution in [3.63, 3.8) is 0 Å². The fourth-order valence-corrected chi connectivity index (χ4v) is 6.20. The van der Waals surface area contributed by atoms with Crippen molar-refractivity contribution in [2.45, 2.75) is 91.4 Å². The van der Waals surface area contributed by atoms with Crippen molar-refractivity contribution in [2.75, 3.05) is 18.0 Å². The number of piperidine rings is 1. The molecule has 0 saturated carbocycles. The summed E-state index contributed by atoms with van der Waals surface area (Å²) < 4.78 is 24.6. The Hall–Kier alpha value is -5.51. The van der Waals surface area contributed by atoms with E-state index in [-0.39, 0.29) is 23.7 Å². The summed E-state index contributed by atoms with van der Waals surface area (Å²) in [6.45, 7) is 13.3. The number of amides is 1. The van der Waals surface area contributed by atoms with Crippen molar-refractivity contribution < 1.29 is 33.3 Å². The molecule has 4 aromatic rings. The first-order valence-electron chi connectivity index (χ1n) is 16.9. The molecule has 1 N–H and O–H groups in total. The molecule has 2 aromatic heterocycles. The van der Waals surface area contributed by atoms with E-state index in [1.54, 1.807) is 58.2 Å². The summed E-state index contributed by atoms with van der Waals surface area (Å²) in [7, 11) is 1.67. The number of carbonyl (C=O) groups is 3. The standard InChI is InChI=1S/C38H45N5O8/c1-23(49-36(47)51-38(5,6)7)48-34(45)24-15-16-30-28(18-24)29-19-31(42-17-11-14-27(22-42)40-35(46)50-37(2,3)4)43(32(29)33(44)41(30)8)21-26-13-10-9-12-25(26)20-39/h9-10,12-13,15-16,18-19,23,27H,11,14,17,21-22H2,1-8H3,(H,40,46)/t23?,27-/m1/s1. The highest BCUT2D eigenvalue weighted by Crippen LogP contribution is 2.33. The van der Waals surface area contributed by atoms with E-state index < -0.39 is 35.7 Å². The van der Waals surface area contributed by atoms with Crippen molar-refractivity contribution in [3.05, 3.63) is 75.6 Å². The number of hydrogen-bond donors (Lipinski definition) is 1. The van der Waals surface area contributed by atoms with E-state index in [0.29, 0.717) is 40.5 Å². The molecule has 0 aliphatic carbocycles. The molecule has 1 saturated heterocycles. The van der Waals surface area contributed by atoms with E-state index in [1.165, 1.54) is 11.5 Å². The lowest BCUT2D eigenvalue weighted by molar-refractivity contribution is -0.0975. The van der Waals surface area contributed by atoms with Gasteiger partial charge in [0.1, 0.15) is 22.5 Å². The highest BCUT2D eigenvalue weighted by molar-refractivity contribution is 6.09. The van der Waals surface area contributed by atoms with Crippen molar-refractivity contribution in [1.29, 1.82) is 5.26 Å². The number of benzene rings is 2. The Kier molecular flexibility index (Phi) is 10.4. The average Bonchev–Trinajstić information content (AvgIpc) is 3.41. The van der Waals surface area contributed by atoms with Crippen LogP contribution in [0.1, 0.15) is 82.8 Å². The van der Waals surface area contributed by atoms with Crippen molar-refractivity contribution in [2.24, 2.45) is 7.05 Å². The minimum Gasteiger partial charge on any atom is -0.444 e. The number of rotatable bonds is 7. The molecule has 0 bridgehead atoms. The molecule has 0 spiro atoms. The Morgan fingerprint density at radius 2 is 1.69 bits per heavy atom. The molecule has 13 heteroatoms. The SMILES string of the molecule is CC(OC(=O)OC(C)(C)C)OC(=O)c1ccc2c(c1)c1cc(N3CCC[C@@H](NC(=O)OC(C)(C)C)C3)n(Cc3ccccc3C#N)c1c(=O)n2C. The molecule has 2 atom stereocenters. The summed E-state index contributed by atoms with van der Waals surface area (Å²) in [5.74, 6) is -0.00458. The average molecular weight is 700 g/mol. The van der Waals surface area contributed by atoms with Gasteiger partial charge in [-0.1, -0.05) is 18.2 Å². The van der Waals surface area contributed by atoms with Gasteiger partial charge in [0, 0.05) is 43.9 Å². The van der Waals surface area contributed by atoms with E-state index in [9.17, 15) is 24.4 Å². The minimum atomic E-state index is -1.22. The highest BCUT2D eigenvalue weighted by Gasteiger charge is 2.29. The van der Waals surface area contributed by atoms with E-state index in [1.807, 2.05) is 43.5 Å². The van der Waals surface area contributed by atoms with Gasteiger partial charge in [-0.25, -0.2) is 14.4 Å². The van der Waals surface area contributed by atoms with Crippen LogP contribution >= 0.6 is 0 Å². The molecule has 1 fully saturated rings. The van der Waals surface area contributed by atoms with Gasteiger partial charge in [-0.2, -0.15) is 5.26 Å². The maximum Gasteiger partial charge on any atom is 0.511 e. The van der Waals surface area contributed by atoms with Crippen molar-refractivity contribution in [3.8, 4) is 6.07 Å². The van der Waals surface area contributed by atoms with Gasteiger partial charge >= 0.3 is 18.2 Å². The van der Waals surface area contributed by atoms with E-state index in [2.05, 4.69) is 16.3 Å². The quantitative estimate of drug-likeness (QED) is 0.131. The summed E-state index contributed by atoms with van der Waals surface area (Å²) >= 11 is 0. The Morgan fingerprint density at radius 3 is 2.37 bits per heavy atom. The van der Waals surface area contributed by atoms with E-state index >= 15 is 0 Å². The first-order valence-corrected chi connectivity index (χ1v) is 16.9. The monoisotopic (exact) mass is 699 g/mol. The third-order valence-corrected chi connectivity index (χ3v) is 8.32. The number of esters is 1. The lowest BCUT2D eigenvalue weighted by Crippen LogP contribution is -2.49. The summed E-state index contributed by atoms with van der Waals surface area (Å²) in [4.78, 5) is 54.4. The van der Waals surface area contributed by atoms with Gasteiger partial charge < -0.3 is 38.3 Å². The van der Waals surface area contributed by atoms with Crippen LogP contribution in [-0.2, 0) is 32.5 Å². The summed E-state index contributed by atoms with van der Waals surface area (Å²) in [6.07, 6.45) is -1.17. The highest BCUT2D eigenvalue weighted by atomic mass is 16.8. The van der Waals surface area contributed by atoms with Crippen LogP contribution in [0.25, 0.3) is 21.8 Å². The van der Waals surface area contributed by atoms with Gasteiger partial charge in [0.25, 0.3) is 5.56 Å². The van der Waals surface area contributed by atoms with Crippen LogP contribution in [0.3, 0.4) is 0 Å². The number of ether oxygens (including phenoxy) is 4. The molecule has 270 valence electrons. The predicted octanol–water partition coefficient (Wildman–Crippen LogP) is 6.36. The molecule has 13 nitrogen and oxygen atoms in total. The second-order valence-electron chi connectivity index (χ2n) is 14.7. The third-order valence-electron chi connectivity index (χ3n) is 8.32. The van der Waals surface area contributed by atoms with Gasteiger partial charge in [0.05, 0.1) is 29.3 Å². The Balaban J connectivity index is 1.57. The van der Waals surface area contributed by atoms with Crippen LogP contribution in [0.4, 0.5) is 15.4 Å². The second-order valence-corrected chi connectivity index (χ2v) is 14.7. The van der Waals surface area contributed by atoms with Gasteiger partial charge in [0.15, 0.2) is 0 Å². The number of anilines is 1. The second kappa shape index (κ2) is 14.4. The van der Waals surface area contributed by atoms with Crippen LogP contribution in [0, 0.1) is 11.3 Å². The number of nitrogens with zero attached hydrogens (tertiary/aromatic N) is 4. The zero-order valence-corrected chi connectivity index (χ0v) is 30.4. The predicted molar refractivity (Wildman–Crippen MR) is 192 cm³/mol. The topological polar surface area (TPSA) is 154 Å². The maximum atomic E-state index is 14.1. The number of pyridine rings is 1. The molecule has 1 amide bonds. The largest absolute Gasteiger partial charge is 0.511 e. The molecule has 1 aliphatic heterocycles. The lowest BCUT2D eigenvalue weighted by Gasteiger charge is -2.35. The molecular formula is C38H45N5O8. The van der Waals surface area contributed by atoms with Gasteiger partial charge in [-0.3, -0.25) is 4.79 Å². The van der Waals surface area contributed by atoms with E-state index in [0.717, 1.165) is 24.2 Å². The fourth-order valence-electron chi connectivity index (χ4n) is 6.20. The first kappa shape index (κ1) is 36.8. The molecule has 0 radical (unpaired) electrons. The Morgan fingerprint density at radius 1 is 0.980 bits per heavy atom. The first-order chi connectivity index (χ1) is 23.9. The molecule has 51 heavy (non-hydrogen) atoms. The molecule has 1 aliphatic rings. The van der Waals surface area contributed by atoms with Crippen molar-refractivity contribution in [1.82, 2.24) is 14.5 Å².